The minimum absolute atomic E-state index is 0. The Kier molecular flexibility index (Phi) is 14.4. The van der Waals surface area contributed by atoms with Gasteiger partial charge in [0.1, 0.15) is 15.4 Å². The molecule has 4 amide bonds. The molecule has 2 saturated heterocycles. The number of nitrogens with one attached hydrogen (secondary N) is 1. The van der Waals surface area contributed by atoms with Crippen LogP contribution in [0.4, 0.5) is 0 Å². The molecule has 1 N–H and O–H groups in total. The number of carbonyl (C=O) groups is 5. The average molecular weight is 491 g/mol. The molecule has 2 fully saturated rings. The molecule has 32 heavy (non-hydrogen) atoms. The van der Waals surface area contributed by atoms with Gasteiger partial charge in [-0.25, -0.2) is 13.2 Å². The van der Waals surface area contributed by atoms with E-state index in [1.807, 2.05) is 0 Å². The second kappa shape index (κ2) is 14.7. The Bertz CT molecular complexity index is 822. The van der Waals surface area contributed by atoms with Crippen molar-refractivity contribution in [2.75, 3.05) is 6.54 Å². The first kappa shape index (κ1) is 31.5. The predicted octanol–water partition coefficient (Wildman–Crippen LogP) is -6.68. The van der Waals surface area contributed by atoms with E-state index in [1.165, 1.54) is 5.01 Å². The minimum Gasteiger partial charge on any atom is -0.747 e. The Hall–Kier alpha value is -0.540. The summed E-state index contributed by atoms with van der Waals surface area (Å²) in [6.07, 6.45) is 4.55. The molecule has 168 valence electrons. The summed E-state index contributed by atoms with van der Waals surface area (Å²) < 4.78 is 32.8. The number of hydrogen-bond acceptors (Lipinski definition) is 9. The van der Waals surface area contributed by atoms with E-state index >= 15 is 0 Å². The molecule has 2 aliphatic heterocycles. The van der Waals surface area contributed by atoms with Gasteiger partial charge in [-0.2, -0.15) is 0 Å². The van der Waals surface area contributed by atoms with E-state index in [9.17, 15) is 36.9 Å². The van der Waals surface area contributed by atoms with Crippen LogP contribution < -0.4 is 64.5 Å². The summed E-state index contributed by atoms with van der Waals surface area (Å²) in [5, 5.41) is -0.737. The number of hydrazine groups is 1. The standard InChI is InChI=1S/C17H24N3O9S.2Na/c21-13(18-19-10-6-8-14(19)22)7-4-2-1-3-5-9-16(24)29-20-15(23)11-12(17(20)25)30(26,27)28;;/h6,12H,1-5,7-11H2,(H,18,21)(H,26,27,28);;/q-1;2*+1/p-1. The first-order valence-corrected chi connectivity index (χ1v) is 11.0. The summed E-state index contributed by atoms with van der Waals surface area (Å²) >= 11 is 0. The van der Waals surface area contributed by atoms with Gasteiger partial charge < -0.3 is 9.39 Å². The summed E-state index contributed by atoms with van der Waals surface area (Å²) in [6.45, 7) is 0.405. The van der Waals surface area contributed by atoms with Crippen LogP contribution in [0.5, 0.6) is 0 Å². The monoisotopic (exact) mass is 491 g/mol. The Morgan fingerprint density at radius 3 is 2.16 bits per heavy atom. The molecule has 0 radical (unpaired) electrons. The molecular weight excluding hydrogens is 468 g/mol. The molecule has 0 aromatic carbocycles. The van der Waals surface area contributed by atoms with Crippen LogP contribution in [-0.4, -0.2) is 64.4 Å². The van der Waals surface area contributed by atoms with E-state index in [0.29, 0.717) is 32.2 Å². The maximum atomic E-state index is 11.7. The van der Waals surface area contributed by atoms with Crippen molar-refractivity contribution in [3.05, 3.63) is 6.42 Å². The summed E-state index contributed by atoms with van der Waals surface area (Å²) in [4.78, 5) is 62.7. The molecule has 1 unspecified atom stereocenters. The molecule has 1 atom stereocenters. The quantitative estimate of drug-likeness (QED) is 0.0970. The van der Waals surface area contributed by atoms with E-state index in [0.717, 1.165) is 12.8 Å². The van der Waals surface area contributed by atoms with Gasteiger partial charge in [0.15, 0.2) is 0 Å². The number of amides is 4. The normalized spacial score (nSPS) is 18.3. The van der Waals surface area contributed by atoms with Gasteiger partial charge in [-0.15, -0.1) is 5.06 Å². The van der Waals surface area contributed by atoms with Crippen LogP contribution in [0.3, 0.4) is 0 Å². The van der Waals surface area contributed by atoms with Crippen molar-refractivity contribution in [1.82, 2.24) is 15.5 Å². The number of carbonyl (C=O) groups excluding carboxylic acids is 5. The summed E-state index contributed by atoms with van der Waals surface area (Å²) in [7, 11) is -5.00. The first-order chi connectivity index (χ1) is 14.1. The molecule has 15 heteroatoms. The Morgan fingerprint density at radius 1 is 1.03 bits per heavy atom. The van der Waals surface area contributed by atoms with Crippen LogP contribution in [0.15, 0.2) is 0 Å². The molecule has 2 aliphatic rings. The Morgan fingerprint density at radius 2 is 1.62 bits per heavy atom. The van der Waals surface area contributed by atoms with Gasteiger partial charge in [0.25, 0.3) is 11.8 Å². The smallest absolute Gasteiger partial charge is 0.747 e. The van der Waals surface area contributed by atoms with Crippen molar-refractivity contribution in [2.45, 2.75) is 63.0 Å². The van der Waals surface area contributed by atoms with Gasteiger partial charge in [0.05, 0.1) is 6.42 Å². The fourth-order valence-corrected chi connectivity index (χ4v) is 3.67. The Balaban J connectivity index is 0.00000480. The number of rotatable bonds is 11. The van der Waals surface area contributed by atoms with Crippen LogP contribution in [0.1, 0.15) is 57.8 Å². The molecular formula is C17H23N3Na2O9S. The van der Waals surface area contributed by atoms with Gasteiger partial charge in [-0.1, -0.05) is 32.2 Å². The molecule has 0 aliphatic carbocycles. The molecule has 0 saturated carbocycles. The van der Waals surface area contributed by atoms with Crippen molar-refractivity contribution in [2.24, 2.45) is 0 Å². The SMILES string of the molecule is O=C(CCCCCCCC(=O)ON1C(=O)CC(S(=O)(=O)[O-])C1=O)NN1C[CH-]CC1=O.[Na+].[Na+]. The van der Waals surface area contributed by atoms with E-state index < -0.39 is 39.6 Å². The molecule has 2 heterocycles. The van der Waals surface area contributed by atoms with E-state index in [1.54, 1.807) is 6.42 Å². The zero-order valence-corrected chi connectivity index (χ0v) is 23.0. The van der Waals surface area contributed by atoms with Crippen LogP contribution in [0, 0.1) is 6.42 Å². The number of hydroxylamine groups is 2. The zero-order chi connectivity index (χ0) is 22.3. The maximum absolute atomic E-state index is 11.7. The van der Waals surface area contributed by atoms with Crippen LogP contribution in [0.25, 0.3) is 0 Å². The molecule has 0 bridgehead atoms. The predicted molar refractivity (Wildman–Crippen MR) is 97.1 cm³/mol. The van der Waals surface area contributed by atoms with Crippen LogP contribution in [-0.2, 0) is 38.9 Å². The topological polar surface area (TPSA) is 170 Å². The number of unbranched alkanes of at least 4 members (excludes halogenated alkanes) is 4. The van der Waals surface area contributed by atoms with Gasteiger partial charge in [-0.05, 0) is 12.8 Å². The fourth-order valence-electron chi connectivity index (χ4n) is 2.98. The molecule has 0 spiro atoms. The third-order valence-corrected chi connectivity index (χ3v) is 5.65. The molecule has 0 aromatic rings. The largest absolute Gasteiger partial charge is 1.00 e. The van der Waals surface area contributed by atoms with Gasteiger partial charge in [0.2, 0.25) is 11.8 Å². The fraction of sp³-hybridized carbons (Fsp3) is 0.647. The maximum Gasteiger partial charge on any atom is 1.00 e. The van der Waals surface area contributed by atoms with Crippen molar-refractivity contribution < 1.29 is 101 Å². The Labute approximate surface area is 230 Å². The number of nitrogens with zero attached hydrogens (tertiary/aromatic N) is 2. The van der Waals surface area contributed by atoms with Crippen LogP contribution >= 0.6 is 0 Å². The third-order valence-electron chi connectivity index (χ3n) is 4.58. The molecule has 0 aromatic heterocycles. The van der Waals surface area contributed by atoms with E-state index in [-0.39, 0.29) is 88.8 Å². The summed E-state index contributed by atoms with van der Waals surface area (Å²) in [6, 6.07) is 0. The molecule has 2 rings (SSSR count). The molecule has 12 nitrogen and oxygen atoms in total. The third kappa shape index (κ3) is 9.75. The first-order valence-electron chi connectivity index (χ1n) is 9.53. The number of imide groups is 1. The minimum atomic E-state index is -5.00. The second-order valence-electron chi connectivity index (χ2n) is 6.98. The summed E-state index contributed by atoms with van der Waals surface area (Å²) in [5.41, 5.74) is 2.53. The number of hydrogen-bond donors (Lipinski definition) is 1. The van der Waals surface area contributed by atoms with Gasteiger partial charge >= 0.3 is 65.1 Å². The second-order valence-corrected chi connectivity index (χ2v) is 8.53. The van der Waals surface area contributed by atoms with Gasteiger partial charge in [-0.3, -0.25) is 36.0 Å². The summed E-state index contributed by atoms with van der Waals surface area (Å²) in [5.74, 6) is -3.66. The van der Waals surface area contributed by atoms with Crippen molar-refractivity contribution >= 4 is 39.7 Å². The van der Waals surface area contributed by atoms with Crippen molar-refractivity contribution in [1.29, 1.82) is 0 Å². The average Bonchev–Trinajstić information content (AvgIpc) is 3.18. The van der Waals surface area contributed by atoms with E-state index in [2.05, 4.69) is 10.3 Å². The van der Waals surface area contributed by atoms with Gasteiger partial charge in [0, 0.05) is 12.8 Å². The van der Waals surface area contributed by atoms with Crippen LogP contribution in [0.2, 0.25) is 0 Å². The zero-order valence-electron chi connectivity index (χ0n) is 18.2. The van der Waals surface area contributed by atoms with Crippen molar-refractivity contribution in [3.63, 3.8) is 0 Å². The van der Waals surface area contributed by atoms with E-state index in [4.69, 9.17) is 0 Å². The van der Waals surface area contributed by atoms with Crippen molar-refractivity contribution in [3.8, 4) is 0 Å².